The third kappa shape index (κ3) is 2.78. The lowest BCUT2D eigenvalue weighted by atomic mass is 10.1. The van der Waals surface area contributed by atoms with Gasteiger partial charge in [-0.15, -0.1) is 0 Å². The van der Waals surface area contributed by atoms with Gasteiger partial charge in [-0.3, -0.25) is 0 Å². The van der Waals surface area contributed by atoms with Crippen LogP contribution in [0.4, 0.5) is 10.1 Å². The second kappa shape index (κ2) is 5.44. The molecule has 1 unspecified atom stereocenters. The van der Waals surface area contributed by atoms with Gasteiger partial charge in [0.05, 0.1) is 0 Å². The molecule has 3 N–H and O–H groups in total. The summed E-state index contributed by atoms with van der Waals surface area (Å²) >= 11 is 0. The zero-order chi connectivity index (χ0) is 14.0. The molecule has 19 heavy (non-hydrogen) atoms. The summed E-state index contributed by atoms with van der Waals surface area (Å²) in [7, 11) is 2.08. The number of piperazine rings is 1. The van der Waals surface area contributed by atoms with E-state index in [4.69, 9.17) is 10.9 Å². The summed E-state index contributed by atoms with van der Waals surface area (Å²) in [6, 6.07) is 4.78. The van der Waals surface area contributed by atoms with Crippen molar-refractivity contribution in [3.05, 3.63) is 29.6 Å². The molecule has 1 fully saturated rings. The number of benzene rings is 1. The van der Waals surface area contributed by atoms with Gasteiger partial charge in [-0.05, 0) is 32.2 Å². The second-order valence-corrected chi connectivity index (χ2v) is 4.92. The van der Waals surface area contributed by atoms with Crippen LogP contribution in [0, 0.1) is 5.82 Å². The third-order valence-corrected chi connectivity index (χ3v) is 3.64. The fraction of sp³-hybridized carbons (Fsp3) is 0.462. The van der Waals surface area contributed by atoms with Gasteiger partial charge in [-0.2, -0.15) is 0 Å². The smallest absolute Gasteiger partial charge is 0.172 e. The van der Waals surface area contributed by atoms with Crippen molar-refractivity contribution in [3.63, 3.8) is 0 Å². The molecule has 6 heteroatoms. The molecular formula is C13H19FN4O. The molecule has 1 aromatic rings. The van der Waals surface area contributed by atoms with E-state index in [1.165, 1.54) is 12.1 Å². The van der Waals surface area contributed by atoms with E-state index in [1.54, 1.807) is 6.07 Å². The predicted molar refractivity (Wildman–Crippen MR) is 73.2 cm³/mol. The molecule has 1 aromatic carbocycles. The molecule has 0 radical (unpaired) electrons. The highest BCUT2D eigenvalue weighted by Gasteiger charge is 2.23. The lowest BCUT2D eigenvalue weighted by Crippen LogP contribution is -2.50. The number of nitrogens with zero attached hydrogens (tertiary/aromatic N) is 3. The molecule has 0 bridgehead atoms. The Kier molecular flexibility index (Phi) is 3.90. The van der Waals surface area contributed by atoms with Gasteiger partial charge in [0, 0.05) is 36.9 Å². The molecule has 0 amide bonds. The Morgan fingerprint density at radius 1 is 1.47 bits per heavy atom. The van der Waals surface area contributed by atoms with Crippen molar-refractivity contribution in [2.24, 2.45) is 10.9 Å². The van der Waals surface area contributed by atoms with E-state index in [1.807, 2.05) is 0 Å². The number of nitrogens with two attached hydrogens (primary N) is 1. The van der Waals surface area contributed by atoms with E-state index in [-0.39, 0.29) is 5.84 Å². The van der Waals surface area contributed by atoms with E-state index in [2.05, 4.69) is 28.9 Å². The maximum atomic E-state index is 13.3. The maximum Gasteiger partial charge on any atom is 0.172 e. The van der Waals surface area contributed by atoms with Crippen LogP contribution in [0.15, 0.2) is 23.4 Å². The molecule has 1 aliphatic heterocycles. The SMILES string of the molecule is CC1CN(c2ccc(F)cc2C(N)=NO)CCN1C. The fourth-order valence-corrected chi connectivity index (χ4v) is 2.31. The Balaban J connectivity index is 2.34. The monoisotopic (exact) mass is 266 g/mol. The van der Waals surface area contributed by atoms with Gasteiger partial charge in [0.1, 0.15) is 5.82 Å². The first-order valence-electron chi connectivity index (χ1n) is 6.25. The Morgan fingerprint density at radius 3 is 2.84 bits per heavy atom. The van der Waals surface area contributed by atoms with Crippen LogP contribution >= 0.6 is 0 Å². The Morgan fingerprint density at radius 2 is 2.21 bits per heavy atom. The summed E-state index contributed by atoms with van der Waals surface area (Å²) in [6.45, 7) is 4.72. The minimum absolute atomic E-state index is 0.0684. The minimum Gasteiger partial charge on any atom is -0.409 e. The predicted octanol–water partition coefficient (Wildman–Crippen LogP) is 1.06. The topological polar surface area (TPSA) is 65.1 Å². The van der Waals surface area contributed by atoms with Crippen LogP contribution in [-0.4, -0.2) is 48.7 Å². The number of oxime groups is 1. The van der Waals surface area contributed by atoms with Crippen LogP contribution in [-0.2, 0) is 0 Å². The number of hydrogen-bond acceptors (Lipinski definition) is 4. The normalized spacial score (nSPS) is 21.7. The molecule has 1 atom stereocenters. The molecule has 104 valence electrons. The molecule has 0 spiro atoms. The molecule has 0 saturated carbocycles. The van der Waals surface area contributed by atoms with Gasteiger partial charge in [-0.25, -0.2) is 4.39 Å². The molecule has 0 aliphatic carbocycles. The Bertz CT molecular complexity index is 492. The number of anilines is 1. The number of rotatable bonds is 2. The van der Waals surface area contributed by atoms with Crippen molar-refractivity contribution < 1.29 is 9.60 Å². The van der Waals surface area contributed by atoms with Gasteiger partial charge in [0.2, 0.25) is 0 Å². The van der Waals surface area contributed by atoms with Crippen LogP contribution in [0.25, 0.3) is 0 Å². The first-order chi connectivity index (χ1) is 9.02. The Hall–Kier alpha value is -1.82. The lowest BCUT2D eigenvalue weighted by Gasteiger charge is -2.39. The quantitative estimate of drug-likeness (QED) is 0.363. The minimum atomic E-state index is -0.396. The van der Waals surface area contributed by atoms with Crippen molar-refractivity contribution >= 4 is 11.5 Å². The molecule has 1 aliphatic rings. The van der Waals surface area contributed by atoms with Crippen LogP contribution in [0.3, 0.4) is 0 Å². The van der Waals surface area contributed by atoms with Crippen molar-refractivity contribution in [1.29, 1.82) is 0 Å². The molecule has 0 aromatic heterocycles. The summed E-state index contributed by atoms with van der Waals surface area (Å²) in [5.41, 5.74) is 6.86. The first-order valence-corrected chi connectivity index (χ1v) is 6.25. The van der Waals surface area contributed by atoms with E-state index in [0.717, 1.165) is 25.3 Å². The number of likely N-dealkylation sites (N-methyl/N-ethyl adjacent to an activating group) is 1. The van der Waals surface area contributed by atoms with Gasteiger partial charge in [-0.1, -0.05) is 5.16 Å². The highest BCUT2D eigenvalue weighted by Crippen LogP contribution is 2.24. The molecule has 1 saturated heterocycles. The van der Waals surface area contributed by atoms with Crippen LogP contribution < -0.4 is 10.6 Å². The van der Waals surface area contributed by atoms with Gasteiger partial charge >= 0.3 is 0 Å². The summed E-state index contributed by atoms with van der Waals surface area (Å²) in [5, 5.41) is 11.8. The van der Waals surface area contributed by atoms with E-state index >= 15 is 0 Å². The lowest BCUT2D eigenvalue weighted by molar-refractivity contribution is 0.234. The Labute approximate surface area is 112 Å². The number of hydrogen-bond donors (Lipinski definition) is 2. The zero-order valence-corrected chi connectivity index (χ0v) is 11.2. The summed E-state index contributed by atoms with van der Waals surface area (Å²) in [4.78, 5) is 4.40. The third-order valence-electron chi connectivity index (χ3n) is 3.64. The van der Waals surface area contributed by atoms with Crippen molar-refractivity contribution in [3.8, 4) is 0 Å². The summed E-state index contributed by atoms with van der Waals surface area (Å²) < 4.78 is 13.3. The molecule has 1 heterocycles. The maximum absolute atomic E-state index is 13.3. The summed E-state index contributed by atoms with van der Waals surface area (Å²) in [6.07, 6.45) is 0. The fourth-order valence-electron chi connectivity index (χ4n) is 2.31. The van der Waals surface area contributed by atoms with Crippen LogP contribution in [0.1, 0.15) is 12.5 Å². The number of halogens is 1. The standard InChI is InChI=1S/C13H19FN4O/c1-9-8-18(6-5-17(9)2)12-4-3-10(14)7-11(12)13(15)16-19/h3-4,7,9,19H,5-6,8H2,1-2H3,(H2,15,16). The second-order valence-electron chi connectivity index (χ2n) is 4.92. The van der Waals surface area contributed by atoms with E-state index < -0.39 is 5.82 Å². The van der Waals surface area contributed by atoms with Gasteiger partial charge < -0.3 is 20.7 Å². The van der Waals surface area contributed by atoms with Crippen molar-refractivity contribution in [2.75, 3.05) is 31.6 Å². The first kappa shape index (κ1) is 13.6. The van der Waals surface area contributed by atoms with Crippen molar-refractivity contribution in [2.45, 2.75) is 13.0 Å². The summed E-state index contributed by atoms with van der Waals surface area (Å²) in [5.74, 6) is -0.464. The molecular weight excluding hydrogens is 247 g/mol. The van der Waals surface area contributed by atoms with E-state index in [0.29, 0.717) is 11.6 Å². The van der Waals surface area contributed by atoms with Crippen molar-refractivity contribution in [1.82, 2.24) is 4.90 Å². The van der Waals surface area contributed by atoms with Crippen LogP contribution in [0.5, 0.6) is 0 Å². The molecule has 5 nitrogen and oxygen atoms in total. The average molecular weight is 266 g/mol. The zero-order valence-electron chi connectivity index (χ0n) is 11.2. The van der Waals surface area contributed by atoms with Gasteiger partial charge in [0.25, 0.3) is 0 Å². The van der Waals surface area contributed by atoms with E-state index in [9.17, 15) is 4.39 Å². The van der Waals surface area contributed by atoms with Crippen LogP contribution in [0.2, 0.25) is 0 Å². The van der Waals surface area contributed by atoms with Gasteiger partial charge in [0.15, 0.2) is 5.84 Å². The highest BCUT2D eigenvalue weighted by molar-refractivity contribution is 6.02. The molecule has 2 rings (SSSR count). The average Bonchev–Trinajstić information content (AvgIpc) is 2.41. The highest BCUT2D eigenvalue weighted by atomic mass is 19.1. The largest absolute Gasteiger partial charge is 0.409 e. The number of amidine groups is 1.